The van der Waals surface area contributed by atoms with E-state index in [2.05, 4.69) is 18.8 Å². The van der Waals surface area contributed by atoms with Crippen LogP contribution in [0, 0.1) is 17.8 Å². The fourth-order valence-corrected chi connectivity index (χ4v) is 1.55. The lowest BCUT2D eigenvalue weighted by molar-refractivity contribution is -0.167. The van der Waals surface area contributed by atoms with Crippen molar-refractivity contribution in [1.29, 1.82) is 0 Å². The second-order valence-electron chi connectivity index (χ2n) is 4.44. The lowest BCUT2D eigenvalue weighted by Crippen LogP contribution is -2.24. The van der Waals surface area contributed by atoms with Crippen LogP contribution in [0.4, 0.5) is 0 Å². The van der Waals surface area contributed by atoms with Crippen molar-refractivity contribution in [2.45, 2.75) is 51.9 Å². The predicted molar refractivity (Wildman–Crippen MR) is 62.8 cm³/mol. The van der Waals surface area contributed by atoms with Gasteiger partial charge in [-0.05, 0) is 32.1 Å². The monoisotopic (exact) mass is 226 g/mol. The predicted octanol–water partition coefficient (Wildman–Crippen LogP) is 1.94. The zero-order chi connectivity index (χ0) is 11.8. The third-order valence-corrected chi connectivity index (χ3v) is 2.47. The Balaban J connectivity index is 2.10. The maximum atomic E-state index is 8.97. The summed E-state index contributed by atoms with van der Waals surface area (Å²) in [6.07, 6.45) is 3.57. The Hall–Kier alpha value is -0.560. The van der Waals surface area contributed by atoms with Gasteiger partial charge in [-0.15, -0.1) is 5.92 Å². The molecule has 3 heteroatoms. The van der Waals surface area contributed by atoms with E-state index in [0.717, 1.165) is 25.9 Å². The quantitative estimate of drug-likeness (QED) is 0.745. The van der Waals surface area contributed by atoms with E-state index in [1.165, 1.54) is 6.42 Å². The van der Waals surface area contributed by atoms with E-state index in [-0.39, 0.29) is 6.29 Å². The number of ether oxygens (including phenoxy) is 2. The van der Waals surface area contributed by atoms with Crippen molar-refractivity contribution in [2.24, 2.45) is 5.92 Å². The van der Waals surface area contributed by atoms with Gasteiger partial charge in [-0.25, -0.2) is 0 Å². The van der Waals surface area contributed by atoms with Crippen molar-refractivity contribution in [1.82, 2.24) is 0 Å². The second-order valence-corrected chi connectivity index (χ2v) is 4.44. The summed E-state index contributed by atoms with van der Waals surface area (Å²) in [4.78, 5) is 0. The summed E-state index contributed by atoms with van der Waals surface area (Å²) < 4.78 is 11.1. The molecule has 1 saturated heterocycles. The van der Waals surface area contributed by atoms with Crippen LogP contribution in [-0.2, 0) is 9.47 Å². The summed E-state index contributed by atoms with van der Waals surface area (Å²) in [7, 11) is 0. The minimum atomic E-state index is -0.533. The van der Waals surface area contributed by atoms with Crippen molar-refractivity contribution in [3.05, 3.63) is 0 Å². The Morgan fingerprint density at radius 2 is 2.25 bits per heavy atom. The van der Waals surface area contributed by atoms with Crippen LogP contribution in [0.2, 0.25) is 0 Å². The lowest BCUT2D eigenvalue weighted by Gasteiger charge is -2.23. The molecule has 3 nitrogen and oxygen atoms in total. The number of aliphatic hydroxyl groups is 1. The van der Waals surface area contributed by atoms with Crippen LogP contribution in [0.25, 0.3) is 0 Å². The van der Waals surface area contributed by atoms with E-state index >= 15 is 0 Å². The van der Waals surface area contributed by atoms with Crippen molar-refractivity contribution in [3.63, 3.8) is 0 Å². The van der Waals surface area contributed by atoms with E-state index in [4.69, 9.17) is 14.6 Å². The van der Waals surface area contributed by atoms with Crippen molar-refractivity contribution >= 4 is 0 Å². The molecule has 1 heterocycles. The number of aliphatic hydroxyl groups excluding tert-OH is 1. The topological polar surface area (TPSA) is 38.7 Å². The van der Waals surface area contributed by atoms with Gasteiger partial charge < -0.3 is 14.6 Å². The van der Waals surface area contributed by atoms with E-state index in [0.29, 0.717) is 12.5 Å². The molecule has 2 unspecified atom stereocenters. The van der Waals surface area contributed by atoms with Crippen molar-refractivity contribution < 1.29 is 14.6 Å². The molecule has 0 aliphatic carbocycles. The highest BCUT2D eigenvalue weighted by Gasteiger charge is 2.14. The molecule has 92 valence electrons. The smallest absolute Gasteiger partial charge is 0.157 e. The Bertz CT molecular complexity index is 233. The van der Waals surface area contributed by atoms with Gasteiger partial charge in [-0.2, -0.15) is 0 Å². The van der Waals surface area contributed by atoms with E-state index in [1.54, 1.807) is 6.92 Å². The first kappa shape index (κ1) is 13.5. The molecule has 0 amide bonds. The van der Waals surface area contributed by atoms with Crippen molar-refractivity contribution in [2.75, 3.05) is 13.2 Å². The maximum Gasteiger partial charge on any atom is 0.157 e. The normalized spacial score (nSPS) is 24.3. The van der Waals surface area contributed by atoms with Crippen LogP contribution < -0.4 is 0 Å². The fourth-order valence-electron chi connectivity index (χ4n) is 1.55. The molecule has 16 heavy (non-hydrogen) atoms. The molecule has 1 rings (SSSR count). The average Bonchev–Trinajstić information content (AvgIpc) is 2.27. The van der Waals surface area contributed by atoms with E-state index in [1.807, 2.05) is 0 Å². The van der Waals surface area contributed by atoms with Crippen LogP contribution in [0.1, 0.15) is 39.5 Å². The number of hydrogen-bond donors (Lipinski definition) is 1. The third kappa shape index (κ3) is 6.12. The van der Waals surface area contributed by atoms with Gasteiger partial charge >= 0.3 is 0 Å². The molecule has 0 spiro atoms. The van der Waals surface area contributed by atoms with Gasteiger partial charge in [0.1, 0.15) is 6.10 Å². The van der Waals surface area contributed by atoms with E-state index in [9.17, 15) is 0 Å². The first-order valence-electron chi connectivity index (χ1n) is 6.08. The second kappa shape index (κ2) is 7.67. The molecule has 1 aliphatic rings. The summed E-state index contributed by atoms with van der Waals surface area (Å²) in [6, 6.07) is 0. The highest BCUT2D eigenvalue weighted by molar-refractivity contribution is 5.03. The highest BCUT2D eigenvalue weighted by Crippen LogP contribution is 2.15. The van der Waals surface area contributed by atoms with Crippen LogP contribution in [-0.4, -0.2) is 30.7 Å². The van der Waals surface area contributed by atoms with Crippen molar-refractivity contribution in [3.8, 4) is 11.8 Å². The van der Waals surface area contributed by atoms with Crippen LogP contribution in [0.5, 0.6) is 0 Å². The molecular formula is C13H22O3. The molecule has 3 atom stereocenters. The van der Waals surface area contributed by atoms with Gasteiger partial charge in [0.15, 0.2) is 6.29 Å². The molecule has 0 aromatic rings. The van der Waals surface area contributed by atoms with Gasteiger partial charge in [0, 0.05) is 13.0 Å². The van der Waals surface area contributed by atoms with Gasteiger partial charge in [0.25, 0.3) is 0 Å². The molecule has 0 aromatic heterocycles. The molecule has 1 N–H and O–H groups in total. The summed E-state index contributed by atoms with van der Waals surface area (Å²) in [5.41, 5.74) is 0. The number of rotatable bonds is 4. The summed E-state index contributed by atoms with van der Waals surface area (Å²) >= 11 is 0. The largest absolute Gasteiger partial charge is 0.381 e. The van der Waals surface area contributed by atoms with Crippen LogP contribution >= 0.6 is 0 Å². The van der Waals surface area contributed by atoms with Gasteiger partial charge in [-0.1, -0.05) is 12.8 Å². The van der Waals surface area contributed by atoms with Crippen LogP contribution in [0.15, 0.2) is 0 Å². The lowest BCUT2D eigenvalue weighted by atomic mass is 10.1. The molecular weight excluding hydrogens is 204 g/mol. The van der Waals surface area contributed by atoms with Gasteiger partial charge in [0.05, 0.1) is 6.61 Å². The Labute approximate surface area is 98.1 Å². The Morgan fingerprint density at radius 3 is 2.88 bits per heavy atom. The molecule has 1 fully saturated rings. The first-order chi connectivity index (χ1) is 7.68. The maximum absolute atomic E-state index is 8.97. The molecule has 0 bridgehead atoms. The number of hydrogen-bond acceptors (Lipinski definition) is 3. The molecule has 0 radical (unpaired) electrons. The SMILES string of the molecule is CC(O)C#CC[C@H](C)COC1CCCCO1. The zero-order valence-electron chi connectivity index (χ0n) is 10.2. The Kier molecular flexibility index (Phi) is 6.47. The molecule has 0 saturated carbocycles. The van der Waals surface area contributed by atoms with Crippen LogP contribution in [0.3, 0.4) is 0 Å². The summed E-state index contributed by atoms with van der Waals surface area (Å²) in [6.45, 7) is 5.27. The highest BCUT2D eigenvalue weighted by atomic mass is 16.7. The summed E-state index contributed by atoms with van der Waals surface area (Å²) in [5, 5.41) is 8.97. The summed E-state index contributed by atoms with van der Waals surface area (Å²) in [5.74, 6) is 6.07. The minimum absolute atomic E-state index is 0.0130. The fraction of sp³-hybridized carbons (Fsp3) is 0.846. The van der Waals surface area contributed by atoms with Gasteiger partial charge in [-0.3, -0.25) is 0 Å². The third-order valence-electron chi connectivity index (χ3n) is 2.47. The molecule has 1 aliphatic heterocycles. The molecule has 0 aromatic carbocycles. The standard InChI is InChI=1S/C13H22O3/c1-11(6-5-7-12(2)14)10-16-13-8-3-4-9-15-13/h11-14H,3-4,6,8-10H2,1-2H3/t11-,12?,13?/m0/s1. The van der Waals surface area contributed by atoms with E-state index < -0.39 is 6.10 Å². The average molecular weight is 226 g/mol. The minimum Gasteiger partial charge on any atom is -0.381 e. The Morgan fingerprint density at radius 1 is 1.44 bits per heavy atom. The zero-order valence-corrected chi connectivity index (χ0v) is 10.2. The van der Waals surface area contributed by atoms with Gasteiger partial charge in [0.2, 0.25) is 0 Å². The first-order valence-corrected chi connectivity index (χ1v) is 6.08.